The first kappa shape index (κ1) is 25.4. The molecule has 2 saturated heterocycles. The molecule has 3 aliphatic rings. The number of nitrogens with zero attached hydrogens (tertiary/aromatic N) is 2. The molecule has 0 bridgehead atoms. The highest BCUT2D eigenvalue weighted by molar-refractivity contribution is 6.33. The van der Waals surface area contributed by atoms with Crippen LogP contribution in [0, 0.1) is 0 Å². The molecule has 3 N–H and O–H groups in total. The molecular formula is C27H31ClN4O6. The van der Waals surface area contributed by atoms with Gasteiger partial charge in [0.15, 0.2) is 11.8 Å². The van der Waals surface area contributed by atoms with Crippen LogP contribution in [0.2, 0.25) is 5.02 Å². The number of benzene rings is 1. The molecule has 38 heavy (non-hydrogen) atoms. The second-order valence-electron chi connectivity index (χ2n) is 10.1. The van der Waals surface area contributed by atoms with Gasteiger partial charge in [-0.25, -0.2) is 9.78 Å². The van der Waals surface area contributed by atoms with Crippen LogP contribution in [0.5, 0.6) is 6.01 Å². The Hall–Kier alpha value is -2.92. The van der Waals surface area contributed by atoms with E-state index >= 15 is 0 Å². The molecule has 0 spiro atoms. The average Bonchev–Trinajstić information content (AvgIpc) is 3.61. The summed E-state index contributed by atoms with van der Waals surface area (Å²) >= 11 is 6.60. The predicted octanol–water partition coefficient (Wildman–Crippen LogP) is 3.96. The first-order chi connectivity index (χ1) is 18.5. The molecule has 0 unspecified atom stereocenters. The molecule has 1 aromatic carbocycles. The van der Waals surface area contributed by atoms with Crippen molar-refractivity contribution in [1.29, 1.82) is 0 Å². The Morgan fingerprint density at radius 2 is 1.89 bits per heavy atom. The van der Waals surface area contributed by atoms with E-state index in [-0.39, 0.29) is 37.1 Å². The summed E-state index contributed by atoms with van der Waals surface area (Å²) in [4.78, 5) is 24.0. The third kappa shape index (κ3) is 5.05. The third-order valence-electron chi connectivity index (χ3n) is 7.57. The highest BCUT2D eigenvalue weighted by Crippen LogP contribution is 2.36. The van der Waals surface area contributed by atoms with Crippen molar-refractivity contribution in [3.05, 3.63) is 40.9 Å². The molecule has 3 aromatic rings. The Morgan fingerprint density at radius 3 is 2.66 bits per heavy atom. The van der Waals surface area contributed by atoms with Gasteiger partial charge in [0, 0.05) is 12.1 Å². The number of pyridine rings is 1. The minimum atomic E-state index is -0.637. The summed E-state index contributed by atoms with van der Waals surface area (Å²) in [5.74, 6) is 0.431. The number of alkyl carbamates (subject to hydrolysis) is 1. The highest BCUT2D eigenvalue weighted by atomic mass is 35.5. The van der Waals surface area contributed by atoms with Crippen molar-refractivity contribution in [2.75, 3.05) is 19.8 Å². The lowest BCUT2D eigenvalue weighted by Gasteiger charge is -2.28. The molecule has 4 heterocycles. The zero-order valence-corrected chi connectivity index (χ0v) is 21.8. The number of fused-ring (bicyclic) bond motifs is 2. The van der Waals surface area contributed by atoms with Gasteiger partial charge in [0.1, 0.15) is 29.9 Å². The van der Waals surface area contributed by atoms with E-state index in [0.717, 1.165) is 31.2 Å². The molecule has 1 saturated carbocycles. The molecule has 1 amide bonds. The number of aliphatic hydroxyl groups excluding tert-OH is 1. The lowest BCUT2D eigenvalue weighted by atomic mass is 9.82. The number of amides is 1. The van der Waals surface area contributed by atoms with Crippen molar-refractivity contribution in [3.63, 3.8) is 0 Å². The smallest absolute Gasteiger partial charge is 0.407 e. The lowest BCUT2D eigenvalue weighted by molar-refractivity contribution is 0.00706. The van der Waals surface area contributed by atoms with Gasteiger partial charge in [-0.1, -0.05) is 35.9 Å². The first-order valence-corrected chi connectivity index (χ1v) is 13.5. The summed E-state index contributed by atoms with van der Waals surface area (Å²) in [5, 5.41) is 13.1. The van der Waals surface area contributed by atoms with Gasteiger partial charge in [-0.2, -0.15) is 4.98 Å². The third-order valence-corrected chi connectivity index (χ3v) is 7.86. The summed E-state index contributed by atoms with van der Waals surface area (Å²) in [7, 11) is 0. The van der Waals surface area contributed by atoms with E-state index in [1.807, 2.05) is 19.1 Å². The van der Waals surface area contributed by atoms with Crippen LogP contribution in [0.15, 0.2) is 30.3 Å². The van der Waals surface area contributed by atoms with Gasteiger partial charge < -0.3 is 29.4 Å². The maximum Gasteiger partial charge on any atom is 0.407 e. The molecule has 0 radical (unpaired) electrons. The summed E-state index contributed by atoms with van der Waals surface area (Å²) in [5.41, 5.74) is 3.99. The number of carbonyl (C=O) groups excluding carboxylic acids is 1. The van der Waals surface area contributed by atoms with Crippen molar-refractivity contribution in [2.24, 2.45) is 0 Å². The van der Waals surface area contributed by atoms with Gasteiger partial charge in [0.2, 0.25) is 0 Å². The van der Waals surface area contributed by atoms with Crippen LogP contribution in [0.25, 0.3) is 22.4 Å². The standard InChI is InChI=1S/C27H31ClN4O6/c1-2-29-27(34)37-17-9-7-15(8-10-17)14-3-5-16(6-4-14)22-18(28)11-19-25(31-22)32-26(30-19)38-21-13-36-23-20(33)12-35-24(21)23/h3-6,11,15,17,20-21,23-24,33H,2,7-10,12-13H2,1H3,(H,29,34)(H,30,31,32)/t15?,17?,20-,21-,23-,24-/m1/s1. The first-order valence-electron chi connectivity index (χ1n) is 13.2. The molecule has 202 valence electrons. The number of aromatic amines is 1. The zero-order chi connectivity index (χ0) is 26.2. The SMILES string of the molecule is CCNC(=O)OC1CCC(c2ccc(-c3nc4[nH]c(O[C@@H]5CO[C@H]6[C@@H]5OC[C@H]6O)nc4cc3Cl)cc2)CC1. The highest BCUT2D eigenvalue weighted by Gasteiger charge is 2.48. The number of rotatable bonds is 6. The van der Waals surface area contributed by atoms with Crippen LogP contribution in [-0.2, 0) is 14.2 Å². The van der Waals surface area contributed by atoms with Gasteiger partial charge in [-0.3, -0.25) is 4.98 Å². The number of hydrogen-bond acceptors (Lipinski definition) is 8. The fourth-order valence-electron chi connectivity index (χ4n) is 5.61. The van der Waals surface area contributed by atoms with Crippen LogP contribution in [0.3, 0.4) is 0 Å². The van der Waals surface area contributed by atoms with Gasteiger partial charge >= 0.3 is 6.09 Å². The molecule has 3 fully saturated rings. The summed E-state index contributed by atoms with van der Waals surface area (Å²) in [6.45, 7) is 3.00. The number of nitrogens with one attached hydrogen (secondary N) is 2. The van der Waals surface area contributed by atoms with Crippen LogP contribution in [0.4, 0.5) is 4.79 Å². The summed E-state index contributed by atoms with van der Waals surface area (Å²) < 4.78 is 22.7. The Balaban J connectivity index is 1.12. The maximum atomic E-state index is 11.7. The Bertz CT molecular complexity index is 1290. The van der Waals surface area contributed by atoms with Gasteiger partial charge in [0.05, 0.1) is 23.9 Å². The normalized spacial score (nSPS) is 28.8. The zero-order valence-electron chi connectivity index (χ0n) is 21.1. The summed E-state index contributed by atoms with van der Waals surface area (Å²) in [6.07, 6.45) is 1.62. The van der Waals surface area contributed by atoms with E-state index in [4.69, 9.17) is 35.5 Å². The average molecular weight is 543 g/mol. The number of imidazole rings is 1. The molecular weight excluding hydrogens is 512 g/mol. The number of carbonyl (C=O) groups is 1. The monoisotopic (exact) mass is 542 g/mol. The van der Waals surface area contributed by atoms with Crippen LogP contribution < -0.4 is 10.1 Å². The van der Waals surface area contributed by atoms with Crippen molar-refractivity contribution in [3.8, 4) is 17.3 Å². The Morgan fingerprint density at radius 1 is 1.13 bits per heavy atom. The van der Waals surface area contributed by atoms with Crippen molar-refractivity contribution < 1.29 is 28.8 Å². The Labute approximate surface area is 225 Å². The molecule has 10 nitrogen and oxygen atoms in total. The fraction of sp³-hybridized carbons (Fsp3) is 0.519. The van der Waals surface area contributed by atoms with Crippen LogP contribution >= 0.6 is 11.6 Å². The molecule has 2 aliphatic heterocycles. The van der Waals surface area contributed by atoms with Gasteiger partial charge in [-0.05, 0) is 50.2 Å². The van der Waals surface area contributed by atoms with Crippen molar-refractivity contribution in [2.45, 2.75) is 69.0 Å². The number of aromatic nitrogens is 3. The molecule has 6 rings (SSSR count). The summed E-state index contributed by atoms with van der Waals surface area (Å²) in [6, 6.07) is 10.4. The predicted molar refractivity (Wildman–Crippen MR) is 139 cm³/mol. The van der Waals surface area contributed by atoms with Gasteiger partial charge in [0.25, 0.3) is 6.01 Å². The minimum absolute atomic E-state index is 0.0185. The fourth-order valence-corrected chi connectivity index (χ4v) is 5.86. The number of ether oxygens (including phenoxy) is 4. The van der Waals surface area contributed by atoms with E-state index < -0.39 is 6.10 Å². The largest absolute Gasteiger partial charge is 0.456 e. The quantitative estimate of drug-likeness (QED) is 0.427. The number of H-pyrrole nitrogens is 1. The maximum absolute atomic E-state index is 11.7. The molecule has 11 heteroatoms. The number of halogens is 1. The van der Waals surface area contributed by atoms with E-state index in [1.165, 1.54) is 5.56 Å². The van der Waals surface area contributed by atoms with Crippen LogP contribution in [-0.4, -0.2) is 76.4 Å². The van der Waals surface area contributed by atoms with E-state index in [0.29, 0.717) is 47.0 Å². The second kappa shape index (κ2) is 10.7. The van der Waals surface area contributed by atoms with Crippen molar-refractivity contribution >= 4 is 28.9 Å². The Kier molecular flexibility index (Phi) is 7.13. The van der Waals surface area contributed by atoms with E-state index in [9.17, 15) is 9.90 Å². The number of hydrogen-bond donors (Lipinski definition) is 3. The second-order valence-corrected chi connectivity index (χ2v) is 10.5. The van der Waals surface area contributed by atoms with E-state index in [2.05, 4.69) is 27.4 Å². The molecule has 2 aromatic heterocycles. The lowest BCUT2D eigenvalue weighted by Crippen LogP contribution is -2.34. The van der Waals surface area contributed by atoms with Crippen LogP contribution in [0.1, 0.15) is 44.1 Å². The van der Waals surface area contributed by atoms with E-state index in [1.54, 1.807) is 6.07 Å². The van der Waals surface area contributed by atoms with Crippen molar-refractivity contribution in [1.82, 2.24) is 20.3 Å². The minimum Gasteiger partial charge on any atom is -0.456 e. The molecule has 4 atom stereocenters. The topological polar surface area (TPSA) is 128 Å². The molecule has 1 aliphatic carbocycles. The number of aliphatic hydroxyl groups is 1. The van der Waals surface area contributed by atoms with Gasteiger partial charge in [-0.15, -0.1) is 0 Å².